The first-order valence-corrected chi connectivity index (χ1v) is 3.73. The third-order valence-corrected chi connectivity index (χ3v) is 1.42. The van der Waals surface area contributed by atoms with Crippen LogP contribution in [-0.4, -0.2) is 5.78 Å². The lowest BCUT2D eigenvalue weighted by Gasteiger charge is -1.94. The second-order valence-corrected chi connectivity index (χ2v) is 2.62. The van der Waals surface area contributed by atoms with Gasteiger partial charge in [0, 0.05) is 17.3 Å². The molecule has 0 spiro atoms. The Morgan fingerprint density at radius 3 is 2.42 bits per heavy atom. The van der Waals surface area contributed by atoms with Gasteiger partial charge in [-0.05, 0) is 6.92 Å². The highest BCUT2D eigenvalue weighted by Crippen LogP contribution is 2.01. The lowest BCUT2D eigenvalue weighted by Crippen LogP contribution is -1.99. The maximum absolute atomic E-state index is 11.3. The summed E-state index contributed by atoms with van der Waals surface area (Å²) in [7, 11) is 0. The molecule has 0 atom stereocenters. The number of allylic oxidation sites excluding steroid dienone is 2. The van der Waals surface area contributed by atoms with Crippen molar-refractivity contribution < 1.29 is 4.79 Å². The Bertz CT molecular complexity index is 297. The Morgan fingerprint density at radius 2 is 1.92 bits per heavy atom. The molecule has 1 aromatic rings. The van der Waals surface area contributed by atoms with Gasteiger partial charge in [0.1, 0.15) is 0 Å². The van der Waals surface area contributed by atoms with Gasteiger partial charge in [-0.15, -0.1) is 0 Å². The van der Waals surface area contributed by atoms with Gasteiger partial charge in [0.15, 0.2) is 5.78 Å². The minimum atomic E-state index is -0.0457. The first-order chi connectivity index (χ1) is 5.70. The van der Waals surface area contributed by atoms with E-state index in [9.17, 15) is 4.79 Å². The van der Waals surface area contributed by atoms with E-state index < -0.39 is 0 Å². The summed E-state index contributed by atoms with van der Waals surface area (Å²) in [6, 6.07) is 9.05. The number of nitrogens with two attached hydrogens (primary N) is 1. The van der Waals surface area contributed by atoms with Crippen LogP contribution in [0.2, 0.25) is 0 Å². The summed E-state index contributed by atoms with van der Waals surface area (Å²) in [6.45, 7) is 1.70. The third-order valence-electron chi connectivity index (χ3n) is 1.42. The molecule has 0 fully saturated rings. The summed E-state index contributed by atoms with van der Waals surface area (Å²) in [6.07, 6.45) is 1.43. The first kappa shape index (κ1) is 8.53. The molecule has 62 valence electrons. The van der Waals surface area contributed by atoms with Crippen LogP contribution >= 0.6 is 0 Å². The van der Waals surface area contributed by atoms with Crippen LogP contribution in [0.25, 0.3) is 0 Å². The summed E-state index contributed by atoms with van der Waals surface area (Å²) >= 11 is 0. The van der Waals surface area contributed by atoms with E-state index in [4.69, 9.17) is 5.73 Å². The van der Waals surface area contributed by atoms with Gasteiger partial charge in [-0.2, -0.15) is 0 Å². The zero-order valence-electron chi connectivity index (χ0n) is 6.95. The van der Waals surface area contributed by atoms with Crippen LogP contribution in [0.3, 0.4) is 0 Å². The van der Waals surface area contributed by atoms with Crippen molar-refractivity contribution >= 4 is 5.78 Å². The van der Waals surface area contributed by atoms with E-state index in [2.05, 4.69) is 0 Å². The van der Waals surface area contributed by atoms with Crippen molar-refractivity contribution in [1.29, 1.82) is 0 Å². The summed E-state index contributed by atoms with van der Waals surface area (Å²) in [5.74, 6) is -0.0457. The monoisotopic (exact) mass is 161 g/mol. The van der Waals surface area contributed by atoms with Crippen molar-refractivity contribution in [3.8, 4) is 0 Å². The fourth-order valence-corrected chi connectivity index (χ4v) is 0.893. The molecule has 12 heavy (non-hydrogen) atoms. The van der Waals surface area contributed by atoms with Gasteiger partial charge in [-0.3, -0.25) is 4.79 Å². The third kappa shape index (κ3) is 2.23. The number of carbonyl (C=O) groups is 1. The van der Waals surface area contributed by atoms with Gasteiger partial charge in [0.2, 0.25) is 0 Å². The minimum absolute atomic E-state index is 0.0457. The Kier molecular flexibility index (Phi) is 2.64. The van der Waals surface area contributed by atoms with E-state index in [1.54, 1.807) is 19.1 Å². The first-order valence-electron chi connectivity index (χ1n) is 3.73. The van der Waals surface area contributed by atoms with Crippen LogP contribution in [0.4, 0.5) is 0 Å². The molecular weight excluding hydrogens is 150 g/mol. The molecule has 0 aliphatic heterocycles. The molecule has 0 aliphatic rings. The van der Waals surface area contributed by atoms with E-state index in [0.29, 0.717) is 11.3 Å². The Hall–Kier alpha value is -1.57. The minimum Gasteiger partial charge on any atom is -0.402 e. The molecular formula is C10H11NO. The van der Waals surface area contributed by atoms with Crippen molar-refractivity contribution in [3.05, 3.63) is 47.7 Å². The lowest BCUT2D eigenvalue weighted by molar-refractivity contribution is 0.104. The fraction of sp³-hybridized carbons (Fsp3) is 0.100. The number of hydrogen-bond donors (Lipinski definition) is 1. The molecule has 1 aromatic carbocycles. The molecule has 0 saturated carbocycles. The van der Waals surface area contributed by atoms with Crippen molar-refractivity contribution in [1.82, 2.24) is 0 Å². The molecule has 2 N–H and O–H groups in total. The van der Waals surface area contributed by atoms with E-state index >= 15 is 0 Å². The van der Waals surface area contributed by atoms with Gasteiger partial charge in [0.25, 0.3) is 0 Å². The number of hydrogen-bond acceptors (Lipinski definition) is 2. The van der Waals surface area contributed by atoms with E-state index in [0.717, 1.165) is 0 Å². The Labute approximate surface area is 71.7 Å². The van der Waals surface area contributed by atoms with Gasteiger partial charge >= 0.3 is 0 Å². The zero-order chi connectivity index (χ0) is 8.97. The smallest absolute Gasteiger partial charge is 0.187 e. The van der Waals surface area contributed by atoms with E-state index in [1.807, 2.05) is 18.2 Å². The van der Waals surface area contributed by atoms with Crippen molar-refractivity contribution in [3.63, 3.8) is 0 Å². The molecule has 2 nitrogen and oxygen atoms in total. The molecule has 0 aliphatic carbocycles. The Balaban J connectivity index is 2.87. The maximum atomic E-state index is 11.3. The highest BCUT2D eigenvalue weighted by Gasteiger charge is 1.99. The molecule has 0 aromatic heterocycles. The van der Waals surface area contributed by atoms with E-state index in [-0.39, 0.29) is 5.78 Å². The quantitative estimate of drug-likeness (QED) is 0.530. The standard InChI is InChI=1S/C10H11NO/c1-8(11)7-10(12)9-5-3-2-4-6-9/h2-7H,11H2,1H3. The van der Waals surface area contributed by atoms with Crippen molar-refractivity contribution in [2.75, 3.05) is 0 Å². The molecule has 0 heterocycles. The van der Waals surface area contributed by atoms with Crippen LogP contribution in [0, 0.1) is 0 Å². The average molecular weight is 161 g/mol. The summed E-state index contributed by atoms with van der Waals surface area (Å²) in [4.78, 5) is 11.3. The number of ketones is 1. The lowest BCUT2D eigenvalue weighted by atomic mass is 10.1. The molecule has 0 unspecified atom stereocenters. The largest absolute Gasteiger partial charge is 0.402 e. The normalized spacial score (nSPS) is 11.2. The SMILES string of the molecule is CC(N)=CC(=O)c1ccccc1. The predicted octanol–water partition coefficient (Wildman–Crippen LogP) is 1.73. The van der Waals surface area contributed by atoms with Crippen LogP contribution in [0.1, 0.15) is 17.3 Å². The summed E-state index contributed by atoms with van der Waals surface area (Å²) in [5.41, 5.74) is 6.57. The molecule has 0 amide bonds. The number of rotatable bonds is 2. The summed E-state index contributed by atoms with van der Waals surface area (Å²) in [5, 5.41) is 0. The van der Waals surface area contributed by atoms with E-state index in [1.165, 1.54) is 6.08 Å². The van der Waals surface area contributed by atoms with Gasteiger partial charge in [-0.1, -0.05) is 30.3 Å². The van der Waals surface area contributed by atoms with Crippen LogP contribution in [0.15, 0.2) is 42.1 Å². The second kappa shape index (κ2) is 3.72. The van der Waals surface area contributed by atoms with Crippen LogP contribution in [-0.2, 0) is 0 Å². The second-order valence-electron chi connectivity index (χ2n) is 2.62. The molecule has 2 heteroatoms. The molecule has 0 saturated heterocycles. The number of benzene rings is 1. The van der Waals surface area contributed by atoms with Gasteiger partial charge in [0.05, 0.1) is 0 Å². The molecule has 0 radical (unpaired) electrons. The molecule has 1 rings (SSSR count). The Morgan fingerprint density at radius 1 is 1.33 bits per heavy atom. The van der Waals surface area contributed by atoms with Crippen LogP contribution < -0.4 is 5.73 Å². The fourth-order valence-electron chi connectivity index (χ4n) is 0.893. The topological polar surface area (TPSA) is 43.1 Å². The zero-order valence-corrected chi connectivity index (χ0v) is 6.95. The average Bonchev–Trinajstić information content (AvgIpc) is 2.05. The highest BCUT2D eigenvalue weighted by molar-refractivity contribution is 6.04. The number of carbonyl (C=O) groups excluding carboxylic acids is 1. The van der Waals surface area contributed by atoms with Crippen molar-refractivity contribution in [2.45, 2.75) is 6.92 Å². The van der Waals surface area contributed by atoms with Gasteiger partial charge in [-0.25, -0.2) is 0 Å². The highest BCUT2D eigenvalue weighted by atomic mass is 16.1. The molecule has 0 bridgehead atoms. The summed E-state index contributed by atoms with van der Waals surface area (Å²) < 4.78 is 0. The maximum Gasteiger partial charge on any atom is 0.187 e. The van der Waals surface area contributed by atoms with Gasteiger partial charge < -0.3 is 5.73 Å². The predicted molar refractivity (Wildman–Crippen MR) is 48.7 cm³/mol. The van der Waals surface area contributed by atoms with Crippen LogP contribution in [0.5, 0.6) is 0 Å². The van der Waals surface area contributed by atoms with Crippen molar-refractivity contribution in [2.24, 2.45) is 5.73 Å².